The molecule has 1 fully saturated rings. The lowest BCUT2D eigenvalue weighted by Gasteiger charge is -2.30. The molecule has 0 saturated carbocycles. The van der Waals surface area contributed by atoms with Crippen LogP contribution in [0.25, 0.3) is 0 Å². The normalized spacial score (nSPS) is 16.9. The maximum absolute atomic E-state index is 12.3. The van der Waals surface area contributed by atoms with Gasteiger partial charge in [-0.1, -0.05) is 18.7 Å². The van der Waals surface area contributed by atoms with E-state index in [0.717, 1.165) is 12.0 Å². The molecule has 24 heavy (non-hydrogen) atoms. The predicted molar refractivity (Wildman–Crippen MR) is 92.4 cm³/mol. The van der Waals surface area contributed by atoms with E-state index in [1.807, 2.05) is 12.1 Å². The van der Waals surface area contributed by atoms with Crippen molar-refractivity contribution in [2.45, 2.75) is 31.7 Å². The smallest absolute Gasteiger partial charge is 0.247 e. The molecule has 1 heterocycles. The van der Waals surface area contributed by atoms with Gasteiger partial charge in [0, 0.05) is 25.7 Å². The molecule has 1 saturated heterocycles. The van der Waals surface area contributed by atoms with Crippen molar-refractivity contribution in [3.63, 3.8) is 0 Å². The topological polar surface area (TPSA) is 78.5 Å². The molecule has 128 valence electrons. The number of hydrogen-bond donors (Lipinski definition) is 2. The highest BCUT2D eigenvalue weighted by atomic mass is 16.2. The van der Waals surface area contributed by atoms with Crippen molar-refractivity contribution in [1.29, 1.82) is 0 Å². The van der Waals surface area contributed by atoms with Gasteiger partial charge in [0.05, 0.1) is 0 Å². The first-order valence-electron chi connectivity index (χ1n) is 8.07. The van der Waals surface area contributed by atoms with Crippen LogP contribution in [0.4, 0.5) is 5.69 Å². The van der Waals surface area contributed by atoms with Gasteiger partial charge in [0.15, 0.2) is 0 Å². The van der Waals surface area contributed by atoms with Crippen LogP contribution >= 0.6 is 0 Å². The van der Waals surface area contributed by atoms with Crippen molar-refractivity contribution in [3.8, 4) is 0 Å². The van der Waals surface area contributed by atoms with E-state index in [4.69, 9.17) is 0 Å². The molecule has 0 spiro atoms. The largest absolute Gasteiger partial charge is 0.354 e. The Bertz CT molecular complexity index is 625. The monoisotopic (exact) mass is 329 g/mol. The molecule has 1 unspecified atom stereocenters. The van der Waals surface area contributed by atoms with E-state index in [0.29, 0.717) is 31.5 Å². The third-order valence-electron chi connectivity index (χ3n) is 4.15. The number of benzene rings is 1. The Morgan fingerprint density at radius 2 is 2.08 bits per heavy atom. The average Bonchev–Trinajstić information content (AvgIpc) is 2.60. The lowest BCUT2D eigenvalue weighted by atomic mass is 10.0. The number of likely N-dealkylation sites (N-methyl/N-ethyl adjacent to an activating group) is 1. The molecular formula is C18H23N3O3. The predicted octanol–water partition coefficient (Wildman–Crippen LogP) is 1.48. The second-order valence-corrected chi connectivity index (χ2v) is 5.84. The summed E-state index contributed by atoms with van der Waals surface area (Å²) in [5.41, 5.74) is 1.69. The summed E-state index contributed by atoms with van der Waals surface area (Å²) in [6, 6.07) is 6.97. The van der Waals surface area contributed by atoms with Gasteiger partial charge in [-0.25, -0.2) is 0 Å². The van der Waals surface area contributed by atoms with Crippen LogP contribution in [-0.2, 0) is 20.8 Å². The molecule has 6 nitrogen and oxygen atoms in total. The molecule has 0 radical (unpaired) electrons. The summed E-state index contributed by atoms with van der Waals surface area (Å²) in [5, 5.41) is 5.47. The highest BCUT2D eigenvalue weighted by Crippen LogP contribution is 2.14. The number of carbonyl (C=O) groups is 3. The summed E-state index contributed by atoms with van der Waals surface area (Å²) < 4.78 is 0. The first-order valence-corrected chi connectivity index (χ1v) is 8.07. The van der Waals surface area contributed by atoms with Crippen LogP contribution in [0.15, 0.2) is 36.9 Å². The van der Waals surface area contributed by atoms with Gasteiger partial charge in [-0.2, -0.15) is 0 Å². The molecule has 2 rings (SSSR count). The Kier molecular flexibility index (Phi) is 6.12. The van der Waals surface area contributed by atoms with Gasteiger partial charge in [0.1, 0.15) is 6.04 Å². The van der Waals surface area contributed by atoms with Crippen LogP contribution in [0.3, 0.4) is 0 Å². The molecule has 3 amide bonds. The fourth-order valence-corrected chi connectivity index (χ4v) is 2.67. The zero-order valence-corrected chi connectivity index (χ0v) is 13.9. The maximum Gasteiger partial charge on any atom is 0.247 e. The summed E-state index contributed by atoms with van der Waals surface area (Å²) in [6.07, 6.45) is 3.76. The Balaban J connectivity index is 1.85. The summed E-state index contributed by atoms with van der Waals surface area (Å²) in [7, 11) is 1.69. The number of rotatable bonds is 6. The number of piperidine rings is 1. The van der Waals surface area contributed by atoms with Crippen molar-refractivity contribution >= 4 is 23.4 Å². The number of hydrogen-bond acceptors (Lipinski definition) is 3. The van der Waals surface area contributed by atoms with E-state index in [9.17, 15) is 14.4 Å². The lowest BCUT2D eigenvalue weighted by molar-refractivity contribution is -0.140. The third kappa shape index (κ3) is 4.68. The van der Waals surface area contributed by atoms with E-state index in [2.05, 4.69) is 17.2 Å². The van der Waals surface area contributed by atoms with Crippen molar-refractivity contribution in [3.05, 3.63) is 42.5 Å². The molecule has 1 aliphatic heterocycles. The molecule has 6 heteroatoms. The molecule has 2 N–H and O–H groups in total. The van der Waals surface area contributed by atoms with Gasteiger partial charge < -0.3 is 15.5 Å². The summed E-state index contributed by atoms with van der Waals surface area (Å²) in [4.78, 5) is 36.9. The minimum absolute atomic E-state index is 0.0407. The summed E-state index contributed by atoms with van der Waals surface area (Å²) in [5.74, 6) is -0.370. The molecule has 0 aliphatic carbocycles. The lowest BCUT2D eigenvalue weighted by Crippen LogP contribution is -2.51. The zero-order valence-electron chi connectivity index (χ0n) is 13.9. The van der Waals surface area contributed by atoms with Crippen LogP contribution in [-0.4, -0.2) is 42.3 Å². The van der Waals surface area contributed by atoms with Crippen molar-refractivity contribution < 1.29 is 14.4 Å². The highest BCUT2D eigenvalue weighted by Gasteiger charge is 2.28. The maximum atomic E-state index is 12.3. The SMILES string of the molecule is C=CC(=O)Nc1ccc(CCC(=O)N(C)C2CCCNC2=O)cc1. The van der Waals surface area contributed by atoms with Crippen LogP contribution in [0, 0.1) is 0 Å². The van der Waals surface area contributed by atoms with Crippen LogP contribution in [0.1, 0.15) is 24.8 Å². The minimum atomic E-state index is -0.359. The van der Waals surface area contributed by atoms with E-state index >= 15 is 0 Å². The summed E-state index contributed by atoms with van der Waals surface area (Å²) in [6.45, 7) is 4.09. The Hall–Kier alpha value is -2.63. The molecule has 0 aromatic heterocycles. The molecule has 1 aliphatic rings. The standard InChI is InChI=1S/C18H23N3O3/c1-3-16(22)20-14-9-6-13(7-10-14)8-11-17(23)21(2)15-5-4-12-19-18(15)24/h3,6-7,9-10,15H,1,4-5,8,11-12H2,2H3,(H,19,24)(H,20,22). The van der Waals surface area contributed by atoms with Crippen LogP contribution in [0.2, 0.25) is 0 Å². The van der Waals surface area contributed by atoms with Crippen molar-refractivity contribution in [2.24, 2.45) is 0 Å². The molecule has 1 atom stereocenters. The zero-order chi connectivity index (χ0) is 17.5. The number of anilines is 1. The Morgan fingerprint density at radius 1 is 1.38 bits per heavy atom. The van der Waals surface area contributed by atoms with Gasteiger partial charge in [-0.3, -0.25) is 14.4 Å². The molecule has 1 aromatic rings. The fourth-order valence-electron chi connectivity index (χ4n) is 2.67. The molecule has 1 aromatic carbocycles. The summed E-state index contributed by atoms with van der Waals surface area (Å²) >= 11 is 0. The number of nitrogens with one attached hydrogen (secondary N) is 2. The number of aryl methyl sites for hydroxylation is 1. The second-order valence-electron chi connectivity index (χ2n) is 5.84. The average molecular weight is 329 g/mol. The number of amides is 3. The van der Waals surface area contributed by atoms with E-state index in [1.165, 1.54) is 6.08 Å². The number of nitrogens with zero attached hydrogens (tertiary/aromatic N) is 1. The van der Waals surface area contributed by atoms with Crippen LogP contribution < -0.4 is 10.6 Å². The van der Waals surface area contributed by atoms with Gasteiger partial charge in [-0.05, 0) is 43.0 Å². The van der Waals surface area contributed by atoms with E-state index in [1.54, 1.807) is 24.1 Å². The Morgan fingerprint density at radius 3 is 2.71 bits per heavy atom. The van der Waals surface area contributed by atoms with Gasteiger partial charge >= 0.3 is 0 Å². The number of carbonyl (C=O) groups excluding carboxylic acids is 3. The molecular weight excluding hydrogens is 306 g/mol. The van der Waals surface area contributed by atoms with Crippen molar-refractivity contribution in [1.82, 2.24) is 10.2 Å². The van der Waals surface area contributed by atoms with E-state index in [-0.39, 0.29) is 23.8 Å². The minimum Gasteiger partial charge on any atom is -0.354 e. The fraction of sp³-hybridized carbons (Fsp3) is 0.389. The first kappa shape index (κ1) is 17.7. The van der Waals surface area contributed by atoms with Crippen LogP contribution in [0.5, 0.6) is 0 Å². The van der Waals surface area contributed by atoms with Gasteiger partial charge in [-0.15, -0.1) is 0 Å². The van der Waals surface area contributed by atoms with Crippen molar-refractivity contribution in [2.75, 3.05) is 18.9 Å². The third-order valence-corrected chi connectivity index (χ3v) is 4.15. The van der Waals surface area contributed by atoms with E-state index < -0.39 is 0 Å². The van der Waals surface area contributed by atoms with Gasteiger partial charge in [0.25, 0.3) is 0 Å². The second kappa shape index (κ2) is 8.29. The Labute approximate surface area is 141 Å². The quantitative estimate of drug-likeness (QED) is 0.776. The highest BCUT2D eigenvalue weighted by molar-refractivity contribution is 5.98. The van der Waals surface area contributed by atoms with Gasteiger partial charge in [0.2, 0.25) is 17.7 Å². The molecule has 0 bridgehead atoms. The first-order chi connectivity index (χ1) is 11.5.